The van der Waals surface area contributed by atoms with Crippen LogP contribution in [0.5, 0.6) is 0 Å². The number of nitrogens with one attached hydrogen (secondary N) is 1. The van der Waals surface area contributed by atoms with E-state index in [-0.39, 0.29) is 16.8 Å². The molecule has 0 aromatic rings. The number of rotatable bonds is 5. The summed E-state index contributed by atoms with van der Waals surface area (Å²) in [6.07, 6.45) is 8.18. The molecule has 0 unspecified atom stereocenters. The molecule has 0 aromatic heterocycles. The minimum Gasteiger partial charge on any atom is -0.377 e. The minimum absolute atomic E-state index is 0.0296. The number of carbonyl (C=O) groups excluding carboxylic acids is 1. The van der Waals surface area contributed by atoms with Crippen LogP contribution < -0.4 is 16.9 Å². The molecule has 1 aliphatic carbocycles. The van der Waals surface area contributed by atoms with Gasteiger partial charge in [0.1, 0.15) is 0 Å². The lowest BCUT2D eigenvalue weighted by Crippen LogP contribution is -2.27. The van der Waals surface area contributed by atoms with E-state index in [1.54, 1.807) is 0 Å². The van der Waals surface area contributed by atoms with Gasteiger partial charge in [-0.15, -0.1) is 0 Å². The number of carbonyl (C=O) groups is 1. The zero-order chi connectivity index (χ0) is 12.5. The van der Waals surface area contributed by atoms with Crippen LogP contribution in [-0.4, -0.2) is 23.4 Å². The second-order valence-corrected chi connectivity index (χ2v) is 4.96. The molecule has 0 aromatic carbocycles. The maximum absolute atomic E-state index is 11.4. The van der Waals surface area contributed by atoms with Gasteiger partial charge in [-0.2, -0.15) is 5.10 Å². The van der Waals surface area contributed by atoms with E-state index in [9.17, 15) is 4.79 Å². The topological polar surface area (TPSA) is 93.5 Å². The van der Waals surface area contributed by atoms with Crippen LogP contribution >= 0.6 is 11.8 Å². The third-order valence-corrected chi connectivity index (χ3v) is 3.44. The lowest BCUT2D eigenvalue weighted by Gasteiger charge is -2.12. The van der Waals surface area contributed by atoms with Gasteiger partial charge < -0.3 is 16.9 Å². The molecule has 1 amide bonds. The van der Waals surface area contributed by atoms with E-state index in [0.29, 0.717) is 6.54 Å². The van der Waals surface area contributed by atoms with Crippen LogP contribution in [0.15, 0.2) is 16.8 Å². The Bertz CT molecular complexity index is 315. The summed E-state index contributed by atoms with van der Waals surface area (Å²) in [4.78, 5) is 11.4. The minimum atomic E-state index is -0.0296. The quantitative estimate of drug-likeness (QED) is 0.224. The van der Waals surface area contributed by atoms with Crippen LogP contribution in [0.2, 0.25) is 0 Å². The Hall–Kier alpha value is -1.17. The van der Waals surface area contributed by atoms with Crippen molar-refractivity contribution in [1.82, 2.24) is 5.32 Å². The smallest absolute Gasteiger partial charge is 0.230 e. The molecular weight excluding hydrogens is 236 g/mol. The average molecular weight is 256 g/mol. The van der Waals surface area contributed by atoms with Crippen LogP contribution in [0, 0.1) is 0 Å². The van der Waals surface area contributed by atoms with Gasteiger partial charge in [-0.3, -0.25) is 4.79 Å². The Morgan fingerprint density at radius 1 is 1.53 bits per heavy atom. The molecule has 17 heavy (non-hydrogen) atoms. The van der Waals surface area contributed by atoms with Crippen molar-refractivity contribution in [2.45, 2.75) is 32.1 Å². The number of amides is 1. The standard InChI is InChI=1S/C11H20N4OS/c12-11(15-13)17-8-10(16)14-7-6-9-4-2-1-3-5-9/h4H,1-3,5-8,13H2,(H2,12,15)(H,14,16). The molecule has 0 atom stereocenters. The van der Waals surface area contributed by atoms with Crippen molar-refractivity contribution < 1.29 is 4.79 Å². The van der Waals surface area contributed by atoms with Crippen molar-refractivity contribution in [3.05, 3.63) is 11.6 Å². The van der Waals surface area contributed by atoms with Crippen molar-refractivity contribution in [3.63, 3.8) is 0 Å². The molecular formula is C11H20N4OS. The second kappa shape index (κ2) is 8.00. The number of hydrazone groups is 1. The summed E-state index contributed by atoms with van der Waals surface area (Å²) in [5.41, 5.74) is 6.83. The molecule has 0 fully saturated rings. The molecule has 0 bridgehead atoms. The number of hydrogen-bond donors (Lipinski definition) is 3. The number of thioether (sulfide) groups is 1. The molecule has 0 radical (unpaired) electrons. The summed E-state index contributed by atoms with van der Waals surface area (Å²) in [5.74, 6) is 5.20. The molecule has 5 N–H and O–H groups in total. The van der Waals surface area contributed by atoms with E-state index in [1.807, 2.05) is 0 Å². The zero-order valence-electron chi connectivity index (χ0n) is 9.95. The normalized spacial score (nSPS) is 16.5. The van der Waals surface area contributed by atoms with Crippen molar-refractivity contribution in [2.75, 3.05) is 12.3 Å². The molecule has 0 heterocycles. The maximum atomic E-state index is 11.4. The molecule has 6 heteroatoms. The van der Waals surface area contributed by atoms with Gasteiger partial charge in [0.25, 0.3) is 0 Å². The average Bonchev–Trinajstić information content (AvgIpc) is 2.37. The molecule has 0 aliphatic heterocycles. The highest BCUT2D eigenvalue weighted by molar-refractivity contribution is 8.14. The van der Waals surface area contributed by atoms with E-state index < -0.39 is 0 Å². The van der Waals surface area contributed by atoms with Crippen molar-refractivity contribution in [1.29, 1.82) is 0 Å². The van der Waals surface area contributed by atoms with Crippen molar-refractivity contribution in [2.24, 2.45) is 16.7 Å². The molecule has 1 rings (SSSR count). The lowest BCUT2D eigenvalue weighted by atomic mass is 9.97. The summed E-state index contributed by atoms with van der Waals surface area (Å²) >= 11 is 1.15. The molecule has 0 saturated carbocycles. The van der Waals surface area contributed by atoms with Crippen molar-refractivity contribution in [3.8, 4) is 0 Å². The van der Waals surface area contributed by atoms with E-state index in [2.05, 4.69) is 16.5 Å². The highest BCUT2D eigenvalue weighted by atomic mass is 32.2. The van der Waals surface area contributed by atoms with Gasteiger partial charge in [-0.1, -0.05) is 23.4 Å². The fourth-order valence-electron chi connectivity index (χ4n) is 1.72. The Balaban J connectivity index is 2.09. The predicted octanol–water partition coefficient (Wildman–Crippen LogP) is 0.915. The Morgan fingerprint density at radius 2 is 2.35 bits per heavy atom. The van der Waals surface area contributed by atoms with E-state index in [4.69, 9.17) is 11.6 Å². The molecule has 1 aliphatic rings. The fourth-order valence-corrected chi connectivity index (χ4v) is 2.18. The molecule has 0 spiro atoms. The van der Waals surface area contributed by atoms with Crippen LogP contribution in [0.4, 0.5) is 0 Å². The first kappa shape index (κ1) is 13.9. The summed E-state index contributed by atoms with van der Waals surface area (Å²) in [7, 11) is 0. The molecule has 5 nitrogen and oxygen atoms in total. The van der Waals surface area contributed by atoms with Gasteiger partial charge >= 0.3 is 0 Å². The molecule has 0 saturated heterocycles. The first-order valence-electron chi connectivity index (χ1n) is 5.83. The van der Waals surface area contributed by atoms with Crippen LogP contribution in [0.1, 0.15) is 32.1 Å². The van der Waals surface area contributed by atoms with Gasteiger partial charge in [-0.05, 0) is 32.1 Å². The largest absolute Gasteiger partial charge is 0.377 e. The summed E-state index contributed by atoms with van der Waals surface area (Å²) in [6, 6.07) is 0. The van der Waals surface area contributed by atoms with E-state index >= 15 is 0 Å². The number of allylic oxidation sites excluding steroid dienone is 1. The van der Waals surface area contributed by atoms with Gasteiger partial charge in [0.2, 0.25) is 5.91 Å². The fraction of sp³-hybridized carbons (Fsp3) is 0.636. The summed E-state index contributed by atoms with van der Waals surface area (Å²) < 4.78 is 0. The van der Waals surface area contributed by atoms with Crippen molar-refractivity contribution >= 4 is 22.8 Å². The number of nitrogens with two attached hydrogens (primary N) is 2. The number of amidine groups is 1. The van der Waals surface area contributed by atoms with E-state index in [1.165, 1.54) is 31.3 Å². The first-order valence-corrected chi connectivity index (χ1v) is 6.81. The van der Waals surface area contributed by atoms with Gasteiger partial charge in [-0.25, -0.2) is 0 Å². The Kier molecular flexibility index (Phi) is 6.54. The van der Waals surface area contributed by atoms with Crippen LogP contribution in [0.3, 0.4) is 0 Å². The maximum Gasteiger partial charge on any atom is 0.230 e. The second-order valence-electron chi connectivity index (χ2n) is 3.96. The third-order valence-electron chi connectivity index (χ3n) is 2.63. The summed E-state index contributed by atoms with van der Waals surface area (Å²) in [5, 5.41) is 6.37. The predicted molar refractivity (Wildman–Crippen MR) is 72.4 cm³/mol. The summed E-state index contributed by atoms with van der Waals surface area (Å²) in [6.45, 7) is 0.699. The van der Waals surface area contributed by atoms with E-state index in [0.717, 1.165) is 18.2 Å². The monoisotopic (exact) mass is 256 g/mol. The third kappa shape index (κ3) is 6.21. The number of hydrogen-bond acceptors (Lipinski definition) is 4. The van der Waals surface area contributed by atoms with Gasteiger partial charge in [0, 0.05) is 6.54 Å². The highest BCUT2D eigenvalue weighted by Gasteiger charge is 2.05. The number of nitrogens with zero attached hydrogens (tertiary/aromatic N) is 1. The van der Waals surface area contributed by atoms with Crippen LogP contribution in [0.25, 0.3) is 0 Å². The lowest BCUT2D eigenvalue weighted by molar-refractivity contribution is -0.118. The van der Waals surface area contributed by atoms with Gasteiger partial charge in [0.05, 0.1) is 5.75 Å². The Morgan fingerprint density at radius 3 is 3.00 bits per heavy atom. The Labute approximate surface area is 106 Å². The highest BCUT2D eigenvalue weighted by Crippen LogP contribution is 2.19. The van der Waals surface area contributed by atoms with Crippen LogP contribution in [-0.2, 0) is 4.79 Å². The first-order chi connectivity index (χ1) is 8.22. The SMILES string of the molecule is NN=C(N)SCC(=O)NCCC1=CCCCC1. The molecule has 96 valence electrons. The van der Waals surface area contributed by atoms with Gasteiger partial charge in [0.15, 0.2) is 5.17 Å². The zero-order valence-corrected chi connectivity index (χ0v) is 10.8.